The van der Waals surface area contributed by atoms with Crippen LogP contribution in [0.3, 0.4) is 0 Å². The van der Waals surface area contributed by atoms with Gasteiger partial charge < -0.3 is 10.4 Å². The summed E-state index contributed by atoms with van der Waals surface area (Å²) in [5.74, 6) is -3.66. The third kappa shape index (κ3) is 5.96. The summed E-state index contributed by atoms with van der Waals surface area (Å²) in [6.07, 6.45) is 2.10. The van der Waals surface area contributed by atoms with Crippen molar-refractivity contribution in [3.05, 3.63) is 51.1 Å². The average Bonchev–Trinajstić information content (AvgIpc) is 3.28. The van der Waals surface area contributed by atoms with Crippen LogP contribution in [0.5, 0.6) is 0 Å². The third-order valence-corrected chi connectivity index (χ3v) is 6.50. The molecule has 1 aromatic heterocycles. The summed E-state index contributed by atoms with van der Waals surface area (Å²) >= 11 is 7.76. The number of thiophene rings is 1. The van der Waals surface area contributed by atoms with Gasteiger partial charge >= 0.3 is 5.97 Å². The molecule has 11 heteroatoms. The minimum atomic E-state index is -1.13. The van der Waals surface area contributed by atoms with Crippen LogP contribution in [0.15, 0.2) is 34.6 Å². The molecular formula is C20H16F2N2O4S3. The predicted molar refractivity (Wildman–Crippen MR) is 119 cm³/mol. The van der Waals surface area contributed by atoms with Gasteiger partial charge in [0.15, 0.2) is 11.6 Å². The van der Waals surface area contributed by atoms with Crippen LogP contribution in [0.2, 0.25) is 0 Å². The van der Waals surface area contributed by atoms with Crippen LogP contribution in [0, 0.1) is 11.6 Å². The van der Waals surface area contributed by atoms with Crippen molar-refractivity contribution in [1.29, 1.82) is 0 Å². The zero-order chi connectivity index (χ0) is 22.5. The number of carbonyl (C=O) groups is 3. The Morgan fingerprint density at radius 1 is 1.19 bits per heavy atom. The zero-order valence-electron chi connectivity index (χ0n) is 15.9. The quantitative estimate of drug-likeness (QED) is 0.439. The lowest BCUT2D eigenvalue weighted by Crippen LogP contribution is -2.32. The molecule has 1 aromatic carbocycles. The van der Waals surface area contributed by atoms with Crippen LogP contribution >= 0.6 is 35.3 Å². The summed E-state index contributed by atoms with van der Waals surface area (Å²) in [6.45, 7) is -0.205. The molecule has 6 nitrogen and oxygen atoms in total. The van der Waals surface area contributed by atoms with Gasteiger partial charge in [-0.25, -0.2) is 8.78 Å². The van der Waals surface area contributed by atoms with Crippen LogP contribution < -0.4 is 5.32 Å². The van der Waals surface area contributed by atoms with Crippen LogP contribution in [-0.4, -0.2) is 45.2 Å². The van der Waals surface area contributed by atoms with Crippen LogP contribution in [-0.2, 0) is 14.4 Å². The number of carboxylic acid groups (broad SMARTS) is 1. The van der Waals surface area contributed by atoms with E-state index in [-0.39, 0.29) is 18.9 Å². The maximum absolute atomic E-state index is 13.5. The fourth-order valence-corrected chi connectivity index (χ4v) is 4.96. The van der Waals surface area contributed by atoms with Crippen LogP contribution in [0.4, 0.5) is 8.78 Å². The molecule has 2 heterocycles. The maximum atomic E-state index is 13.5. The second-order valence-electron chi connectivity index (χ2n) is 6.47. The second-order valence-corrected chi connectivity index (χ2v) is 9.09. The first-order valence-electron chi connectivity index (χ1n) is 9.02. The predicted octanol–water partition coefficient (Wildman–Crippen LogP) is 3.88. The molecular weight excluding hydrogens is 466 g/mol. The molecule has 1 saturated heterocycles. The number of amides is 2. The van der Waals surface area contributed by atoms with E-state index in [4.69, 9.17) is 17.3 Å². The first kappa shape index (κ1) is 23.0. The van der Waals surface area contributed by atoms with E-state index in [0.29, 0.717) is 26.8 Å². The number of hydrogen-bond donors (Lipinski definition) is 2. The number of carbonyl (C=O) groups excluding carboxylic acids is 2. The highest BCUT2D eigenvalue weighted by Gasteiger charge is 2.31. The highest BCUT2D eigenvalue weighted by molar-refractivity contribution is 8.26. The van der Waals surface area contributed by atoms with Gasteiger partial charge in [0.2, 0.25) is 5.91 Å². The van der Waals surface area contributed by atoms with Gasteiger partial charge in [-0.3, -0.25) is 19.3 Å². The van der Waals surface area contributed by atoms with E-state index >= 15 is 0 Å². The van der Waals surface area contributed by atoms with Crippen molar-refractivity contribution in [2.75, 3.05) is 13.1 Å². The average molecular weight is 483 g/mol. The van der Waals surface area contributed by atoms with Crippen molar-refractivity contribution in [3.8, 4) is 11.1 Å². The molecule has 0 unspecified atom stereocenters. The summed E-state index contributed by atoms with van der Waals surface area (Å²) in [6, 6.07) is 5.44. The Hall–Kier alpha value is -2.63. The molecule has 0 saturated carbocycles. The third-order valence-electron chi connectivity index (χ3n) is 4.24. The number of nitrogens with zero attached hydrogens (tertiary/aromatic N) is 1. The summed E-state index contributed by atoms with van der Waals surface area (Å²) in [5, 5.41) is 12.6. The van der Waals surface area contributed by atoms with Crippen molar-refractivity contribution < 1.29 is 28.3 Å². The first-order valence-corrected chi connectivity index (χ1v) is 11.1. The Morgan fingerprint density at radius 3 is 2.68 bits per heavy atom. The lowest BCUT2D eigenvalue weighted by atomic mass is 10.1. The van der Waals surface area contributed by atoms with Gasteiger partial charge in [0.05, 0.1) is 4.91 Å². The summed E-state index contributed by atoms with van der Waals surface area (Å²) in [5.41, 5.74) is 1.24. The van der Waals surface area contributed by atoms with E-state index in [1.165, 1.54) is 22.3 Å². The van der Waals surface area contributed by atoms with Gasteiger partial charge in [-0.1, -0.05) is 30.0 Å². The Morgan fingerprint density at radius 2 is 1.97 bits per heavy atom. The molecule has 3 rings (SSSR count). The smallest absolute Gasteiger partial charge is 0.322 e. The Kier molecular flexibility index (Phi) is 7.52. The molecule has 162 valence electrons. The van der Waals surface area contributed by atoms with E-state index in [1.54, 1.807) is 17.5 Å². The molecule has 0 atom stereocenters. The van der Waals surface area contributed by atoms with Crippen molar-refractivity contribution in [3.63, 3.8) is 0 Å². The van der Waals surface area contributed by atoms with Crippen molar-refractivity contribution >= 4 is 63.5 Å². The van der Waals surface area contributed by atoms with E-state index < -0.39 is 30.1 Å². The van der Waals surface area contributed by atoms with Gasteiger partial charge in [-0.15, -0.1) is 11.3 Å². The molecule has 1 aliphatic heterocycles. The number of thiocarbonyl (C=S) groups is 1. The van der Waals surface area contributed by atoms with Gasteiger partial charge in [-0.05, 0) is 47.2 Å². The van der Waals surface area contributed by atoms with Gasteiger partial charge in [0.1, 0.15) is 10.9 Å². The standard InChI is InChI=1S/C20H16F2N2O4S3/c21-14-4-3-11(7-15(14)22)12-6-13(30-10-12)8-16-19(28)24(20(29)31-16)5-1-2-17(25)23-9-18(26)27/h3-4,6-8,10H,1-2,5,9H2,(H,23,25)(H,26,27)/b16-8-. The Balaban J connectivity index is 1.61. The van der Waals surface area contributed by atoms with Crippen LogP contribution in [0.25, 0.3) is 17.2 Å². The van der Waals surface area contributed by atoms with Crippen molar-refractivity contribution in [1.82, 2.24) is 10.2 Å². The molecule has 2 N–H and O–H groups in total. The Labute approximate surface area is 189 Å². The number of rotatable bonds is 8. The normalized spacial score (nSPS) is 15.0. The molecule has 0 radical (unpaired) electrons. The fraction of sp³-hybridized carbons (Fsp3) is 0.200. The summed E-state index contributed by atoms with van der Waals surface area (Å²) < 4.78 is 27.0. The summed E-state index contributed by atoms with van der Waals surface area (Å²) in [7, 11) is 0. The Bertz CT molecular complexity index is 1080. The van der Waals surface area contributed by atoms with Gasteiger partial charge in [-0.2, -0.15) is 0 Å². The van der Waals surface area contributed by atoms with Crippen molar-refractivity contribution in [2.45, 2.75) is 12.8 Å². The number of aliphatic carboxylic acids is 1. The topological polar surface area (TPSA) is 86.7 Å². The lowest BCUT2D eigenvalue weighted by molar-refractivity contribution is -0.137. The summed E-state index contributed by atoms with van der Waals surface area (Å²) in [4.78, 5) is 37.3. The number of carboxylic acids is 1. The number of halogens is 2. The zero-order valence-corrected chi connectivity index (χ0v) is 18.3. The molecule has 1 fully saturated rings. The largest absolute Gasteiger partial charge is 0.480 e. The molecule has 2 amide bonds. The number of nitrogens with one attached hydrogen (secondary N) is 1. The minimum absolute atomic E-state index is 0.0753. The molecule has 0 bridgehead atoms. The van der Waals surface area contributed by atoms with Crippen LogP contribution in [0.1, 0.15) is 17.7 Å². The molecule has 31 heavy (non-hydrogen) atoms. The molecule has 2 aromatic rings. The number of hydrogen-bond acceptors (Lipinski definition) is 6. The van der Waals surface area contributed by atoms with E-state index in [2.05, 4.69) is 5.32 Å². The highest BCUT2D eigenvalue weighted by Crippen LogP contribution is 2.35. The van der Waals surface area contributed by atoms with Gasteiger partial charge in [0.25, 0.3) is 5.91 Å². The van der Waals surface area contributed by atoms with Gasteiger partial charge in [0, 0.05) is 17.8 Å². The molecule has 0 aliphatic carbocycles. The number of benzene rings is 1. The van der Waals surface area contributed by atoms with E-state index in [0.717, 1.165) is 28.8 Å². The van der Waals surface area contributed by atoms with E-state index in [9.17, 15) is 23.2 Å². The lowest BCUT2D eigenvalue weighted by Gasteiger charge is -2.13. The molecule has 0 spiro atoms. The van der Waals surface area contributed by atoms with E-state index in [1.807, 2.05) is 0 Å². The second kappa shape index (κ2) is 10.1. The maximum Gasteiger partial charge on any atom is 0.322 e. The highest BCUT2D eigenvalue weighted by atomic mass is 32.2. The monoisotopic (exact) mass is 482 g/mol. The number of thioether (sulfide) groups is 1. The first-order chi connectivity index (χ1) is 14.7. The SMILES string of the molecule is O=C(O)CNC(=O)CCCN1C(=O)/C(=C/c2cc(-c3ccc(F)c(F)c3)cs2)SC1=S. The molecule has 1 aliphatic rings. The fourth-order valence-electron chi connectivity index (χ4n) is 2.74. The van der Waals surface area contributed by atoms with Crippen molar-refractivity contribution in [2.24, 2.45) is 0 Å². The minimum Gasteiger partial charge on any atom is -0.480 e.